The molecule has 0 aliphatic heterocycles. The lowest BCUT2D eigenvalue weighted by Crippen LogP contribution is -2.25. The summed E-state index contributed by atoms with van der Waals surface area (Å²) < 4.78 is 6.63. The highest BCUT2D eigenvalue weighted by atomic mass is 16.3. The molecular weight excluding hydrogens is 1060 g/mol. The van der Waals surface area contributed by atoms with Crippen molar-refractivity contribution in [1.82, 2.24) is 0 Å². The maximum absolute atomic E-state index is 6.63. The van der Waals surface area contributed by atoms with Crippen molar-refractivity contribution in [3.63, 3.8) is 0 Å². The molecule has 0 unspecified atom stereocenters. The number of fused-ring (bicyclic) bond motifs is 13. The second-order valence-electron chi connectivity index (χ2n) is 23.1. The Morgan fingerprint density at radius 3 is 1.19 bits per heavy atom. The molecule has 3 heteroatoms. The number of para-hydroxylation sites is 2. The average Bonchev–Trinajstić information content (AvgIpc) is 1.52. The van der Waals surface area contributed by atoms with Crippen LogP contribution in [0.25, 0.3) is 99.8 Å². The number of anilines is 6. The minimum Gasteiger partial charge on any atom is -0.455 e. The van der Waals surface area contributed by atoms with Crippen molar-refractivity contribution in [2.75, 3.05) is 9.80 Å². The van der Waals surface area contributed by atoms with Crippen LogP contribution < -0.4 is 9.80 Å². The van der Waals surface area contributed by atoms with Gasteiger partial charge in [0.05, 0.1) is 5.41 Å². The lowest BCUT2D eigenvalue weighted by atomic mass is 9.70. The summed E-state index contributed by atoms with van der Waals surface area (Å²) in [6.07, 6.45) is 0. The Hall–Kier alpha value is -11.5. The zero-order chi connectivity index (χ0) is 58.1. The first-order valence-electron chi connectivity index (χ1n) is 30.3. The highest BCUT2D eigenvalue weighted by Gasteiger charge is 2.52. The first-order valence-corrected chi connectivity index (χ1v) is 30.3. The summed E-state index contributed by atoms with van der Waals surface area (Å²) in [5, 5.41) is 2.22. The second-order valence-corrected chi connectivity index (χ2v) is 23.1. The van der Waals surface area contributed by atoms with Gasteiger partial charge < -0.3 is 14.2 Å². The molecule has 0 radical (unpaired) electrons. The molecule has 0 atom stereocenters. The van der Waals surface area contributed by atoms with Crippen LogP contribution >= 0.6 is 0 Å². The molecule has 0 amide bonds. The van der Waals surface area contributed by atoms with E-state index in [9.17, 15) is 0 Å². The first-order chi connectivity index (χ1) is 43.6. The van der Waals surface area contributed by atoms with Gasteiger partial charge in [-0.2, -0.15) is 0 Å². The van der Waals surface area contributed by atoms with Crippen LogP contribution in [0, 0.1) is 0 Å². The Balaban J connectivity index is 0.921. The monoisotopic (exact) mass is 1120 g/mol. The van der Waals surface area contributed by atoms with E-state index in [4.69, 9.17) is 4.42 Å². The molecule has 14 aromatic carbocycles. The highest BCUT2D eigenvalue weighted by Crippen LogP contribution is 2.64. The van der Waals surface area contributed by atoms with E-state index in [1.807, 2.05) is 6.07 Å². The van der Waals surface area contributed by atoms with E-state index in [-0.39, 0.29) is 0 Å². The van der Waals surface area contributed by atoms with Crippen LogP contribution in [-0.4, -0.2) is 0 Å². The SMILES string of the molecule is c1ccc(-c2ccc(N(c3ccc(-c4cccc5c4oc4ccccc45)cc3)c3cc(-c4cccc5c4-c4ccccc4C54c5ccccc5-c5ccccc54)cc(N(c4ccc(-c5ccccc5)cc4)c4cccc(-c5ccccc5)c4)c3)cc2)cc1. The standard InChI is InChI=1S/C85H56N2O/c1-4-21-57(22-5-1)60-41-47-65(48-42-60)86(66-51-45-62(46-52-66)72-34-19-35-76-75-31-13-17-40-82(75)88-84(72)76)69-54-64(71-33-20-39-81-83(71)77-32-12-16-38-80(77)85(81)78-36-14-10-29-73(78)74-30-11-15-37-79(74)85)55-70(56-69)87(67-49-43-61(44-50-67)58-23-6-2-7-24-58)68-28-18-27-63(53-68)59-25-8-3-9-26-59/h1-56H. The molecule has 2 aliphatic rings. The molecule has 15 aromatic rings. The smallest absolute Gasteiger partial charge is 0.143 e. The quantitative estimate of drug-likeness (QED) is 0.129. The Morgan fingerprint density at radius 2 is 0.602 bits per heavy atom. The van der Waals surface area contributed by atoms with E-state index in [0.29, 0.717) is 0 Å². The van der Waals surface area contributed by atoms with E-state index in [0.717, 1.165) is 101 Å². The van der Waals surface area contributed by atoms with Gasteiger partial charge in [-0.1, -0.05) is 267 Å². The van der Waals surface area contributed by atoms with Crippen molar-refractivity contribution in [3.8, 4) is 77.9 Å². The Bertz CT molecular complexity index is 5080. The van der Waals surface area contributed by atoms with Gasteiger partial charge in [-0.3, -0.25) is 0 Å². The molecule has 0 bridgehead atoms. The highest BCUT2D eigenvalue weighted by molar-refractivity contribution is 6.10. The number of furan rings is 1. The maximum Gasteiger partial charge on any atom is 0.143 e. The zero-order valence-corrected chi connectivity index (χ0v) is 48.1. The molecule has 0 fully saturated rings. The minimum atomic E-state index is -0.513. The summed E-state index contributed by atoms with van der Waals surface area (Å²) in [4.78, 5) is 4.89. The van der Waals surface area contributed by atoms with E-state index >= 15 is 0 Å². The Morgan fingerprint density at radius 1 is 0.216 bits per heavy atom. The fourth-order valence-corrected chi connectivity index (χ4v) is 14.4. The van der Waals surface area contributed by atoms with Crippen LogP contribution in [0.2, 0.25) is 0 Å². The van der Waals surface area contributed by atoms with Crippen molar-refractivity contribution in [2.24, 2.45) is 0 Å². The average molecular weight is 1120 g/mol. The van der Waals surface area contributed by atoms with Crippen LogP contribution in [0.15, 0.2) is 344 Å². The number of hydrogen-bond donors (Lipinski definition) is 0. The number of nitrogens with zero attached hydrogens (tertiary/aromatic N) is 2. The normalized spacial score (nSPS) is 12.4. The summed E-state index contributed by atoms with van der Waals surface area (Å²) in [6.45, 7) is 0. The third-order valence-corrected chi connectivity index (χ3v) is 18.3. The Labute approximate surface area is 512 Å². The fraction of sp³-hybridized carbons (Fsp3) is 0.0118. The van der Waals surface area contributed by atoms with Gasteiger partial charge in [-0.15, -0.1) is 0 Å². The van der Waals surface area contributed by atoms with Crippen LogP contribution in [0.1, 0.15) is 22.3 Å². The van der Waals surface area contributed by atoms with Crippen LogP contribution in [-0.2, 0) is 5.41 Å². The number of rotatable bonds is 11. The van der Waals surface area contributed by atoms with E-state index in [2.05, 4.69) is 343 Å². The molecule has 1 heterocycles. The molecular formula is C85H56N2O. The summed E-state index contributed by atoms with van der Waals surface area (Å²) in [5.41, 5.74) is 29.1. The summed E-state index contributed by atoms with van der Waals surface area (Å²) in [7, 11) is 0. The van der Waals surface area contributed by atoms with Gasteiger partial charge in [0.15, 0.2) is 0 Å². The van der Waals surface area contributed by atoms with Gasteiger partial charge in [0.2, 0.25) is 0 Å². The van der Waals surface area contributed by atoms with Gasteiger partial charge in [-0.05, 0) is 167 Å². The molecule has 1 spiro atoms. The van der Waals surface area contributed by atoms with Crippen LogP contribution in [0.5, 0.6) is 0 Å². The van der Waals surface area contributed by atoms with E-state index in [1.165, 1.54) is 55.6 Å². The largest absolute Gasteiger partial charge is 0.455 e. The minimum absolute atomic E-state index is 0.513. The van der Waals surface area contributed by atoms with Crippen LogP contribution in [0.4, 0.5) is 34.1 Å². The third kappa shape index (κ3) is 8.27. The summed E-state index contributed by atoms with van der Waals surface area (Å²) in [5.74, 6) is 0. The lowest BCUT2D eigenvalue weighted by Gasteiger charge is -2.31. The predicted octanol–water partition coefficient (Wildman–Crippen LogP) is 23.2. The van der Waals surface area contributed by atoms with Gasteiger partial charge in [0, 0.05) is 50.5 Å². The van der Waals surface area contributed by atoms with Crippen molar-refractivity contribution in [1.29, 1.82) is 0 Å². The summed E-state index contributed by atoms with van der Waals surface area (Å²) >= 11 is 0. The Kier molecular flexibility index (Phi) is 12.1. The molecule has 0 saturated heterocycles. The van der Waals surface area contributed by atoms with Crippen LogP contribution in [0.3, 0.4) is 0 Å². The van der Waals surface area contributed by atoms with Gasteiger partial charge >= 0.3 is 0 Å². The van der Waals surface area contributed by atoms with E-state index in [1.54, 1.807) is 0 Å². The molecule has 17 rings (SSSR count). The fourth-order valence-electron chi connectivity index (χ4n) is 14.4. The first kappa shape index (κ1) is 50.9. The predicted molar refractivity (Wildman–Crippen MR) is 367 cm³/mol. The van der Waals surface area contributed by atoms with Gasteiger partial charge in [0.1, 0.15) is 11.2 Å². The molecule has 2 aliphatic carbocycles. The molecule has 0 saturated carbocycles. The van der Waals surface area contributed by atoms with Crippen molar-refractivity contribution in [2.45, 2.75) is 5.41 Å². The third-order valence-electron chi connectivity index (χ3n) is 18.3. The molecule has 3 nitrogen and oxygen atoms in total. The summed E-state index contributed by atoms with van der Waals surface area (Å²) in [6, 6.07) is 125. The van der Waals surface area contributed by atoms with Gasteiger partial charge in [-0.25, -0.2) is 0 Å². The molecule has 412 valence electrons. The number of benzene rings is 14. The lowest BCUT2D eigenvalue weighted by molar-refractivity contribution is 0.670. The van der Waals surface area contributed by atoms with E-state index < -0.39 is 5.41 Å². The zero-order valence-electron chi connectivity index (χ0n) is 48.1. The van der Waals surface area contributed by atoms with Crippen molar-refractivity contribution in [3.05, 3.63) is 362 Å². The second kappa shape index (κ2) is 20.9. The van der Waals surface area contributed by atoms with Crippen molar-refractivity contribution < 1.29 is 4.42 Å². The topological polar surface area (TPSA) is 19.6 Å². The van der Waals surface area contributed by atoms with Crippen molar-refractivity contribution >= 4 is 56.1 Å². The maximum atomic E-state index is 6.63. The molecule has 88 heavy (non-hydrogen) atoms. The number of hydrogen-bond acceptors (Lipinski definition) is 3. The molecule has 0 N–H and O–H groups in total. The van der Waals surface area contributed by atoms with Gasteiger partial charge in [0.25, 0.3) is 0 Å². The molecule has 1 aromatic heterocycles.